The molecule has 0 saturated carbocycles. The molecule has 1 saturated heterocycles. The van der Waals surface area contributed by atoms with Crippen molar-refractivity contribution in [1.82, 2.24) is 0 Å². The molecule has 0 amide bonds. The highest BCUT2D eigenvalue weighted by atomic mass is 16.7. The fourth-order valence-corrected chi connectivity index (χ4v) is 9.50. The first-order valence-electron chi connectivity index (χ1n) is 31.6. The number of carbonyl (C=O) groups excluding carboxylic acids is 3. The van der Waals surface area contributed by atoms with Gasteiger partial charge in [-0.25, -0.2) is 4.79 Å². The molecule has 0 aliphatic carbocycles. The van der Waals surface area contributed by atoms with Crippen molar-refractivity contribution in [2.45, 2.75) is 327 Å². The van der Waals surface area contributed by atoms with Gasteiger partial charge in [-0.05, 0) is 77.0 Å². The van der Waals surface area contributed by atoms with Gasteiger partial charge in [0.05, 0.1) is 6.61 Å². The first kappa shape index (κ1) is 71.7. The topological polar surface area (TPSA) is 175 Å². The number of unbranched alkanes of at least 4 members (excludes halogenated alkanes) is 32. The number of hydrogen-bond acceptors (Lipinski definition) is 11. The van der Waals surface area contributed by atoms with Crippen LogP contribution in [0.4, 0.5) is 0 Å². The molecule has 1 fully saturated rings. The summed E-state index contributed by atoms with van der Waals surface area (Å²) in [5.41, 5.74) is 0. The molecular weight excluding hydrogens is 973 g/mol. The first-order chi connectivity index (χ1) is 37.6. The molecule has 0 aromatic carbocycles. The number of carbonyl (C=O) groups is 4. The van der Waals surface area contributed by atoms with E-state index in [9.17, 15) is 34.5 Å². The summed E-state index contributed by atoms with van der Waals surface area (Å²) < 4.78 is 28.5. The summed E-state index contributed by atoms with van der Waals surface area (Å²) in [6.07, 6.45) is 52.1. The number of aliphatic hydroxyl groups is 2. The molecule has 0 aromatic heterocycles. The highest BCUT2D eigenvalue weighted by Crippen LogP contribution is 2.27. The SMILES string of the molecule is CCC/C=C\C/C=C\CCCCCCCC(=O)OC(COC(=O)CCCCCCCCCCCCCCCCCCC)COC1OC(C(=O)O)C(O)C(O)C1OC(=O)CCCCCCCCC/C=C\C/C=C\CCCCC. The van der Waals surface area contributed by atoms with E-state index in [2.05, 4.69) is 69.4 Å². The summed E-state index contributed by atoms with van der Waals surface area (Å²) in [6.45, 7) is 5.92. The van der Waals surface area contributed by atoms with E-state index < -0.39 is 67.3 Å². The molecule has 1 aliphatic rings. The Morgan fingerprint density at radius 2 is 0.805 bits per heavy atom. The standard InChI is InChI=1S/C65H114O12/c1-4-7-10-13-16-19-22-25-27-29-31-34-36-39-42-45-48-51-57(66)73-54-56(75-58(67)52-49-46-43-40-37-33-24-21-18-15-12-9-6-3)55-74-65-63(61(70)60(69)62(77-65)64(71)72)76-59(68)53-50-47-44-41-38-35-32-30-28-26-23-20-17-14-11-8-5-2/h12,15,17,20-21,24,26,28,56,60-63,65,69-70H,4-11,13-14,16,18-19,22-23,25,27,29-55H2,1-3H3,(H,71,72)/b15-12-,20-17-,24-21-,28-26-. The second kappa shape index (κ2) is 53.3. The Hall–Kier alpha value is -3.32. The van der Waals surface area contributed by atoms with Crippen LogP contribution < -0.4 is 0 Å². The average molecular weight is 1090 g/mol. The molecule has 3 N–H and O–H groups in total. The first-order valence-corrected chi connectivity index (χ1v) is 31.6. The van der Waals surface area contributed by atoms with Crippen molar-refractivity contribution in [3.8, 4) is 0 Å². The molecule has 0 bridgehead atoms. The molecule has 0 radical (unpaired) electrons. The third-order valence-electron chi connectivity index (χ3n) is 14.4. The molecule has 1 heterocycles. The number of carboxylic acids is 1. The van der Waals surface area contributed by atoms with Crippen molar-refractivity contribution >= 4 is 23.9 Å². The van der Waals surface area contributed by atoms with Gasteiger partial charge in [0.25, 0.3) is 0 Å². The van der Waals surface area contributed by atoms with Crippen LogP contribution in [0.25, 0.3) is 0 Å². The molecule has 1 rings (SSSR count). The van der Waals surface area contributed by atoms with Crippen molar-refractivity contribution < 1.29 is 58.2 Å². The summed E-state index contributed by atoms with van der Waals surface area (Å²) in [5.74, 6) is -3.12. The van der Waals surface area contributed by atoms with Crippen LogP contribution in [0.3, 0.4) is 0 Å². The summed E-state index contributed by atoms with van der Waals surface area (Å²) in [4.78, 5) is 51.2. The van der Waals surface area contributed by atoms with E-state index in [1.165, 1.54) is 103 Å². The van der Waals surface area contributed by atoms with Gasteiger partial charge in [-0.2, -0.15) is 0 Å². The van der Waals surface area contributed by atoms with Gasteiger partial charge in [0.15, 0.2) is 24.6 Å². The fraction of sp³-hybridized carbons (Fsp3) is 0.815. The van der Waals surface area contributed by atoms with E-state index in [-0.39, 0.29) is 25.9 Å². The Morgan fingerprint density at radius 1 is 0.429 bits per heavy atom. The number of ether oxygens (including phenoxy) is 5. The predicted molar refractivity (Wildman–Crippen MR) is 312 cm³/mol. The predicted octanol–water partition coefficient (Wildman–Crippen LogP) is 16.6. The lowest BCUT2D eigenvalue weighted by Crippen LogP contribution is -2.61. The second-order valence-electron chi connectivity index (χ2n) is 21.7. The highest BCUT2D eigenvalue weighted by molar-refractivity contribution is 5.74. The van der Waals surface area contributed by atoms with E-state index in [1.807, 2.05) is 0 Å². The van der Waals surface area contributed by atoms with E-state index >= 15 is 0 Å². The van der Waals surface area contributed by atoms with Gasteiger partial charge in [-0.1, -0.05) is 243 Å². The molecule has 1 aliphatic heterocycles. The van der Waals surface area contributed by atoms with Crippen LogP contribution in [-0.2, 0) is 42.9 Å². The Morgan fingerprint density at radius 3 is 1.25 bits per heavy atom. The van der Waals surface area contributed by atoms with Crippen molar-refractivity contribution in [2.75, 3.05) is 13.2 Å². The minimum Gasteiger partial charge on any atom is -0.479 e. The molecular formula is C65H114O12. The van der Waals surface area contributed by atoms with Crippen LogP contribution in [-0.4, -0.2) is 89.2 Å². The largest absolute Gasteiger partial charge is 0.479 e. The summed E-state index contributed by atoms with van der Waals surface area (Å²) in [7, 11) is 0. The summed E-state index contributed by atoms with van der Waals surface area (Å²) >= 11 is 0. The van der Waals surface area contributed by atoms with Gasteiger partial charge in [-0.15, -0.1) is 0 Å². The molecule has 446 valence electrons. The lowest BCUT2D eigenvalue weighted by Gasteiger charge is -2.40. The zero-order valence-electron chi connectivity index (χ0n) is 49.2. The smallest absolute Gasteiger partial charge is 0.335 e. The maximum absolute atomic E-state index is 13.1. The highest BCUT2D eigenvalue weighted by Gasteiger charge is 2.50. The molecule has 6 atom stereocenters. The molecule has 12 heteroatoms. The molecule has 6 unspecified atom stereocenters. The van der Waals surface area contributed by atoms with Gasteiger partial charge in [0, 0.05) is 19.3 Å². The van der Waals surface area contributed by atoms with E-state index in [0.717, 1.165) is 128 Å². The van der Waals surface area contributed by atoms with E-state index in [4.69, 9.17) is 23.7 Å². The number of esters is 3. The van der Waals surface area contributed by atoms with Crippen molar-refractivity contribution in [1.29, 1.82) is 0 Å². The molecule has 12 nitrogen and oxygen atoms in total. The van der Waals surface area contributed by atoms with Gasteiger partial charge >= 0.3 is 23.9 Å². The van der Waals surface area contributed by atoms with E-state index in [0.29, 0.717) is 19.3 Å². The Labute approximate surface area is 469 Å². The normalized spacial score (nSPS) is 18.3. The van der Waals surface area contributed by atoms with Crippen LogP contribution in [0.1, 0.15) is 290 Å². The van der Waals surface area contributed by atoms with Gasteiger partial charge in [-0.3, -0.25) is 14.4 Å². The summed E-state index contributed by atoms with van der Waals surface area (Å²) in [6, 6.07) is 0. The number of aliphatic carboxylic acids is 1. The number of hydrogen-bond donors (Lipinski definition) is 3. The number of allylic oxidation sites excluding steroid dienone is 8. The minimum absolute atomic E-state index is 0.0515. The van der Waals surface area contributed by atoms with Crippen LogP contribution in [0.5, 0.6) is 0 Å². The number of rotatable bonds is 54. The molecule has 0 spiro atoms. The van der Waals surface area contributed by atoms with Crippen LogP contribution >= 0.6 is 0 Å². The van der Waals surface area contributed by atoms with Crippen LogP contribution in [0.15, 0.2) is 48.6 Å². The number of aliphatic hydroxyl groups excluding tert-OH is 2. The Kier molecular flexibility index (Phi) is 49.7. The molecule has 77 heavy (non-hydrogen) atoms. The zero-order chi connectivity index (χ0) is 56.1. The maximum atomic E-state index is 13.1. The third kappa shape index (κ3) is 43.2. The van der Waals surface area contributed by atoms with Crippen LogP contribution in [0, 0.1) is 0 Å². The summed E-state index contributed by atoms with van der Waals surface area (Å²) in [5, 5.41) is 31.5. The monoisotopic (exact) mass is 1090 g/mol. The van der Waals surface area contributed by atoms with Gasteiger partial charge in [0.1, 0.15) is 18.8 Å². The average Bonchev–Trinajstić information content (AvgIpc) is 3.42. The van der Waals surface area contributed by atoms with Gasteiger partial charge < -0.3 is 39.0 Å². The fourth-order valence-electron chi connectivity index (χ4n) is 9.50. The van der Waals surface area contributed by atoms with E-state index in [1.54, 1.807) is 0 Å². The minimum atomic E-state index is -1.91. The lowest BCUT2D eigenvalue weighted by atomic mass is 9.98. The Balaban J connectivity index is 2.65. The van der Waals surface area contributed by atoms with Crippen molar-refractivity contribution in [3.05, 3.63) is 48.6 Å². The second-order valence-corrected chi connectivity index (χ2v) is 21.7. The van der Waals surface area contributed by atoms with Crippen molar-refractivity contribution in [3.63, 3.8) is 0 Å². The maximum Gasteiger partial charge on any atom is 0.335 e. The number of carboxylic acid groups (broad SMARTS) is 1. The van der Waals surface area contributed by atoms with Crippen LogP contribution in [0.2, 0.25) is 0 Å². The van der Waals surface area contributed by atoms with Crippen molar-refractivity contribution in [2.24, 2.45) is 0 Å². The molecule has 0 aromatic rings. The third-order valence-corrected chi connectivity index (χ3v) is 14.4. The zero-order valence-corrected chi connectivity index (χ0v) is 49.2. The lowest BCUT2D eigenvalue weighted by molar-refractivity contribution is -0.301. The van der Waals surface area contributed by atoms with Gasteiger partial charge in [0.2, 0.25) is 0 Å². The quantitative estimate of drug-likeness (QED) is 0.0228. The Bertz CT molecular complexity index is 1520.